The van der Waals surface area contributed by atoms with Gasteiger partial charge in [-0.2, -0.15) is 0 Å². The third-order valence-electron chi connectivity index (χ3n) is 4.88. The van der Waals surface area contributed by atoms with Crippen LogP contribution in [0.5, 0.6) is 0 Å². The lowest BCUT2D eigenvalue weighted by Crippen LogP contribution is -2.46. The van der Waals surface area contributed by atoms with Gasteiger partial charge < -0.3 is 5.32 Å². The van der Waals surface area contributed by atoms with Crippen LogP contribution < -0.4 is 5.32 Å². The van der Waals surface area contributed by atoms with Crippen molar-refractivity contribution < 1.29 is 9.59 Å². The predicted molar refractivity (Wildman–Crippen MR) is 91.6 cm³/mol. The highest BCUT2D eigenvalue weighted by molar-refractivity contribution is 6.30. The number of aryl methyl sites for hydroxylation is 1. The van der Waals surface area contributed by atoms with Gasteiger partial charge in [0.15, 0.2) is 0 Å². The molecule has 1 heterocycles. The molecule has 1 spiro atoms. The summed E-state index contributed by atoms with van der Waals surface area (Å²) in [4.78, 5) is 27.0. The van der Waals surface area contributed by atoms with E-state index < -0.39 is 5.54 Å². The molecule has 1 unspecified atom stereocenters. The van der Waals surface area contributed by atoms with Crippen molar-refractivity contribution in [3.63, 3.8) is 0 Å². The third-order valence-corrected chi connectivity index (χ3v) is 5.12. The molecule has 1 fully saturated rings. The summed E-state index contributed by atoms with van der Waals surface area (Å²) in [5.41, 5.74) is 2.00. The van der Waals surface area contributed by atoms with Crippen LogP contribution in [0.1, 0.15) is 29.5 Å². The number of rotatable bonds is 2. The van der Waals surface area contributed by atoms with E-state index in [-0.39, 0.29) is 18.5 Å². The van der Waals surface area contributed by atoms with Crippen molar-refractivity contribution >= 4 is 23.5 Å². The summed E-state index contributed by atoms with van der Waals surface area (Å²) >= 11 is 6.01. The van der Waals surface area contributed by atoms with Crippen LogP contribution in [0, 0.1) is 0 Å². The van der Waals surface area contributed by atoms with E-state index in [1.165, 1.54) is 4.90 Å². The second kappa shape index (κ2) is 5.64. The molecular weight excluding hydrogens is 324 g/mol. The highest BCUT2D eigenvalue weighted by Crippen LogP contribution is 2.40. The molecule has 24 heavy (non-hydrogen) atoms. The smallest absolute Gasteiger partial charge is 0.319 e. The number of imide groups is 1. The Balaban J connectivity index is 1.70. The molecule has 1 aliphatic heterocycles. The fourth-order valence-corrected chi connectivity index (χ4v) is 3.99. The normalized spacial score (nSPS) is 22.6. The highest BCUT2D eigenvalue weighted by Gasteiger charge is 2.53. The Kier molecular flexibility index (Phi) is 3.57. The van der Waals surface area contributed by atoms with E-state index in [0.29, 0.717) is 11.4 Å². The lowest BCUT2D eigenvalue weighted by Gasteiger charge is -2.33. The number of fused-ring (bicyclic) bond motifs is 2. The Hall–Kier alpha value is -2.33. The Morgan fingerprint density at radius 3 is 2.79 bits per heavy atom. The van der Waals surface area contributed by atoms with Gasteiger partial charge in [-0.1, -0.05) is 48.0 Å². The number of hydrogen-bond acceptors (Lipinski definition) is 2. The lowest BCUT2D eigenvalue weighted by molar-refractivity contribution is -0.132. The lowest BCUT2D eigenvalue weighted by atomic mass is 9.76. The number of hydrogen-bond donors (Lipinski definition) is 1. The molecule has 1 saturated heterocycles. The van der Waals surface area contributed by atoms with Crippen LogP contribution in [-0.4, -0.2) is 16.8 Å². The number of nitrogens with one attached hydrogen (secondary N) is 1. The van der Waals surface area contributed by atoms with Crippen LogP contribution in [0.4, 0.5) is 4.79 Å². The van der Waals surface area contributed by atoms with E-state index >= 15 is 0 Å². The zero-order chi connectivity index (χ0) is 16.7. The number of carbonyl (C=O) groups excluding carboxylic acids is 2. The second-order valence-electron chi connectivity index (χ2n) is 6.37. The van der Waals surface area contributed by atoms with Gasteiger partial charge in [0.1, 0.15) is 5.54 Å². The highest BCUT2D eigenvalue weighted by atomic mass is 35.5. The molecule has 2 aromatic rings. The van der Waals surface area contributed by atoms with Crippen molar-refractivity contribution in [3.05, 3.63) is 70.2 Å². The minimum absolute atomic E-state index is 0.167. The summed E-state index contributed by atoms with van der Waals surface area (Å²) in [5.74, 6) is -0.167. The van der Waals surface area contributed by atoms with Gasteiger partial charge in [0.2, 0.25) is 0 Å². The van der Waals surface area contributed by atoms with Crippen molar-refractivity contribution in [1.29, 1.82) is 0 Å². The van der Waals surface area contributed by atoms with Crippen LogP contribution in [0.3, 0.4) is 0 Å². The summed E-state index contributed by atoms with van der Waals surface area (Å²) in [6.45, 7) is 0.231. The molecule has 4 nitrogen and oxygen atoms in total. The summed E-state index contributed by atoms with van der Waals surface area (Å²) in [5, 5.41) is 3.56. The van der Waals surface area contributed by atoms with Crippen molar-refractivity contribution in [1.82, 2.24) is 10.2 Å². The average molecular weight is 341 g/mol. The second-order valence-corrected chi connectivity index (χ2v) is 6.80. The van der Waals surface area contributed by atoms with Crippen molar-refractivity contribution in [2.24, 2.45) is 0 Å². The predicted octanol–water partition coefficient (Wildman–Crippen LogP) is 3.62. The summed E-state index contributed by atoms with van der Waals surface area (Å²) in [6, 6.07) is 14.8. The molecule has 1 aliphatic carbocycles. The van der Waals surface area contributed by atoms with Crippen molar-refractivity contribution in [2.45, 2.75) is 31.3 Å². The van der Waals surface area contributed by atoms with E-state index in [9.17, 15) is 9.59 Å². The molecule has 0 bridgehead atoms. The number of carbonyl (C=O) groups is 2. The first-order valence-corrected chi connectivity index (χ1v) is 8.45. The molecule has 2 aliphatic rings. The van der Waals surface area contributed by atoms with Gasteiger partial charge in [0, 0.05) is 5.02 Å². The van der Waals surface area contributed by atoms with Gasteiger partial charge in [-0.25, -0.2) is 4.79 Å². The Labute approximate surface area is 145 Å². The summed E-state index contributed by atoms with van der Waals surface area (Å²) in [7, 11) is 0. The standard InChI is InChI=1S/C19H17ClN2O2/c20-15-8-3-5-13(11-15)12-22-17(23)19(21-18(22)24)10-4-7-14-6-1-2-9-16(14)19/h1-3,5-6,8-9,11H,4,7,10,12H2,(H,21,24). The molecule has 0 saturated carbocycles. The fraction of sp³-hybridized carbons (Fsp3) is 0.263. The topological polar surface area (TPSA) is 49.4 Å². The van der Waals surface area contributed by atoms with E-state index in [0.717, 1.165) is 29.5 Å². The van der Waals surface area contributed by atoms with E-state index in [2.05, 4.69) is 5.32 Å². The first-order chi connectivity index (χ1) is 11.6. The van der Waals surface area contributed by atoms with Crippen LogP contribution in [-0.2, 0) is 23.3 Å². The molecule has 1 atom stereocenters. The molecular formula is C19H17ClN2O2. The molecule has 4 rings (SSSR count). The zero-order valence-corrected chi connectivity index (χ0v) is 13.8. The maximum absolute atomic E-state index is 13.2. The molecule has 2 aromatic carbocycles. The average Bonchev–Trinajstić information content (AvgIpc) is 2.80. The number of nitrogens with zero attached hydrogens (tertiary/aromatic N) is 1. The quantitative estimate of drug-likeness (QED) is 0.849. The zero-order valence-electron chi connectivity index (χ0n) is 13.1. The summed E-state index contributed by atoms with van der Waals surface area (Å²) in [6.07, 6.45) is 2.46. The van der Waals surface area contributed by atoms with Gasteiger partial charge in [-0.05, 0) is 48.1 Å². The van der Waals surface area contributed by atoms with Crippen molar-refractivity contribution in [2.75, 3.05) is 0 Å². The Bertz CT molecular complexity index is 836. The molecule has 1 N–H and O–H groups in total. The molecule has 0 radical (unpaired) electrons. The number of urea groups is 1. The van der Waals surface area contributed by atoms with E-state index in [1.807, 2.05) is 36.4 Å². The van der Waals surface area contributed by atoms with Crippen LogP contribution in [0.2, 0.25) is 5.02 Å². The van der Waals surface area contributed by atoms with Crippen LogP contribution >= 0.6 is 11.6 Å². The SMILES string of the molecule is O=C1NC2(CCCc3ccccc32)C(=O)N1Cc1cccc(Cl)c1. The van der Waals surface area contributed by atoms with Gasteiger partial charge in [-0.3, -0.25) is 9.69 Å². The van der Waals surface area contributed by atoms with E-state index in [4.69, 9.17) is 11.6 Å². The van der Waals surface area contributed by atoms with Gasteiger partial charge >= 0.3 is 6.03 Å². The van der Waals surface area contributed by atoms with Crippen LogP contribution in [0.25, 0.3) is 0 Å². The third kappa shape index (κ3) is 2.29. The molecule has 5 heteroatoms. The number of amides is 3. The minimum Gasteiger partial charge on any atom is -0.319 e. The first kappa shape index (κ1) is 15.2. The summed E-state index contributed by atoms with van der Waals surface area (Å²) < 4.78 is 0. The van der Waals surface area contributed by atoms with Crippen molar-refractivity contribution in [3.8, 4) is 0 Å². The minimum atomic E-state index is -0.912. The first-order valence-electron chi connectivity index (χ1n) is 8.07. The van der Waals surface area contributed by atoms with E-state index in [1.54, 1.807) is 12.1 Å². The Morgan fingerprint density at radius 1 is 1.12 bits per heavy atom. The largest absolute Gasteiger partial charge is 0.325 e. The molecule has 0 aromatic heterocycles. The van der Waals surface area contributed by atoms with Gasteiger partial charge in [0.25, 0.3) is 5.91 Å². The monoisotopic (exact) mass is 340 g/mol. The van der Waals surface area contributed by atoms with Crippen LogP contribution in [0.15, 0.2) is 48.5 Å². The van der Waals surface area contributed by atoms with Gasteiger partial charge in [-0.15, -0.1) is 0 Å². The number of benzene rings is 2. The Morgan fingerprint density at radius 2 is 1.96 bits per heavy atom. The maximum Gasteiger partial charge on any atom is 0.325 e. The van der Waals surface area contributed by atoms with Gasteiger partial charge in [0.05, 0.1) is 6.54 Å². The molecule has 122 valence electrons. The number of halogens is 1. The molecule has 3 amide bonds. The fourth-order valence-electron chi connectivity index (χ4n) is 3.77. The maximum atomic E-state index is 13.2.